The second-order valence-electron chi connectivity index (χ2n) is 6.52. The summed E-state index contributed by atoms with van der Waals surface area (Å²) >= 11 is 0. The van der Waals surface area contributed by atoms with E-state index in [9.17, 15) is 13.2 Å². The van der Waals surface area contributed by atoms with Crippen molar-refractivity contribution in [2.75, 3.05) is 33.0 Å². The molecule has 7 heteroatoms. The van der Waals surface area contributed by atoms with Gasteiger partial charge in [-0.05, 0) is 57.0 Å². The predicted molar refractivity (Wildman–Crippen MR) is 97.6 cm³/mol. The summed E-state index contributed by atoms with van der Waals surface area (Å²) in [6.45, 7) is 2.18. The highest BCUT2D eigenvalue weighted by molar-refractivity contribution is 7.90. The highest BCUT2D eigenvalue weighted by atomic mass is 32.2. The molecule has 1 aliphatic heterocycles. The van der Waals surface area contributed by atoms with Gasteiger partial charge in [-0.1, -0.05) is 0 Å². The molecule has 1 saturated heterocycles. The van der Waals surface area contributed by atoms with Crippen molar-refractivity contribution < 1.29 is 17.9 Å². The highest BCUT2D eigenvalue weighted by Gasteiger charge is 2.21. The third-order valence-corrected chi connectivity index (χ3v) is 5.62. The Hall–Kier alpha value is -1.60. The van der Waals surface area contributed by atoms with Crippen molar-refractivity contribution >= 4 is 15.7 Å². The topological polar surface area (TPSA) is 75.7 Å². The number of carbonyl (C=O) groups excluding carboxylic acids is 1. The van der Waals surface area contributed by atoms with Crippen LogP contribution in [0.25, 0.3) is 0 Å². The normalized spacial score (nSPS) is 18.2. The van der Waals surface area contributed by atoms with E-state index in [0.717, 1.165) is 38.8 Å². The van der Waals surface area contributed by atoms with Crippen LogP contribution in [-0.2, 0) is 14.6 Å². The number of unbranched alkanes of at least 4 members (excludes halogenated alkanes) is 1. The van der Waals surface area contributed by atoms with Gasteiger partial charge in [0.2, 0.25) is 5.91 Å². The van der Waals surface area contributed by atoms with E-state index in [1.54, 1.807) is 24.3 Å². The first-order valence-corrected chi connectivity index (χ1v) is 10.7. The number of amides is 1. The number of nitrogens with one attached hydrogen (secondary N) is 1. The summed E-state index contributed by atoms with van der Waals surface area (Å²) in [6, 6.07) is 6.82. The van der Waals surface area contributed by atoms with Crippen molar-refractivity contribution in [3.05, 3.63) is 24.3 Å². The van der Waals surface area contributed by atoms with Gasteiger partial charge in [0, 0.05) is 31.8 Å². The van der Waals surface area contributed by atoms with E-state index in [-0.39, 0.29) is 10.8 Å². The first-order valence-electron chi connectivity index (χ1n) is 8.78. The fourth-order valence-electron chi connectivity index (χ4n) is 2.95. The van der Waals surface area contributed by atoms with E-state index < -0.39 is 9.84 Å². The molecule has 1 aromatic carbocycles. The minimum absolute atomic E-state index is 0.220. The van der Waals surface area contributed by atoms with Crippen LogP contribution in [0, 0.1) is 0 Å². The number of carbonyl (C=O) groups is 1. The molecule has 25 heavy (non-hydrogen) atoms. The van der Waals surface area contributed by atoms with E-state index in [0.29, 0.717) is 24.8 Å². The summed E-state index contributed by atoms with van der Waals surface area (Å²) in [6.07, 6.45) is 5.51. The van der Waals surface area contributed by atoms with Crippen molar-refractivity contribution in [1.82, 2.24) is 10.2 Å². The summed E-state index contributed by atoms with van der Waals surface area (Å²) in [4.78, 5) is 14.5. The zero-order valence-corrected chi connectivity index (χ0v) is 15.8. The molecule has 1 aromatic rings. The van der Waals surface area contributed by atoms with Gasteiger partial charge in [0.15, 0.2) is 9.84 Å². The van der Waals surface area contributed by atoms with Gasteiger partial charge in [0.25, 0.3) is 0 Å². The first-order chi connectivity index (χ1) is 11.9. The van der Waals surface area contributed by atoms with Crippen LogP contribution in [0.1, 0.15) is 32.1 Å². The van der Waals surface area contributed by atoms with Gasteiger partial charge in [-0.25, -0.2) is 8.42 Å². The summed E-state index contributed by atoms with van der Waals surface area (Å²) in [5, 5.41) is 3.24. The van der Waals surface area contributed by atoms with Crippen molar-refractivity contribution in [1.29, 1.82) is 0 Å². The number of hydrogen-bond acceptors (Lipinski definition) is 5. The zero-order valence-electron chi connectivity index (χ0n) is 15.0. The first kappa shape index (κ1) is 19.7. The molecule has 1 aliphatic rings. The van der Waals surface area contributed by atoms with Gasteiger partial charge in [-0.15, -0.1) is 0 Å². The molecular weight excluding hydrogens is 340 g/mol. The Morgan fingerprint density at radius 1 is 1.28 bits per heavy atom. The smallest absolute Gasteiger partial charge is 0.222 e. The van der Waals surface area contributed by atoms with Gasteiger partial charge >= 0.3 is 0 Å². The maximum absolute atomic E-state index is 12.2. The van der Waals surface area contributed by atoms with E-state index >= 15 is 0 Å². The molecule has 140 valence electrons. The number of likely N-dealkylation sites (N-methyl/N-ethyl adjacent to an activating group) is 1. The second-order valence-corrected chi connectivity index (χ2v) is 8.53. The van der Waals surface area contributed by atoms with Crippen LogP contribution in [0.4, 0.5) is 0 Å². The van der Waals surface area contributed by atoms with E-state index in [4.69, 9.17) is 4.74 Å². The largest absolute Gasteiger partial charge is 0.494 e. The lowest BCUT2D eigenvalue weighted by atomic mass is 10.1. The molecule has 0 aliphatic carbocycles. The molecule has 0 aromatic heterocycles. The van der Waals surface area contributed by atoms with Crippen LogP contribution in [0.3, 0.4) is 0 Å². The van der Waals surface area contributed by atoms with Gasteiger partial charge in [0.05, 0.1) is 11.5 Å². The molecule has 1 atom stereocenters. The van der Waals surface area contributed by atoms with Gasteiger partial charge < -0.3 is 15.0 Å². The van der Waals surface area contributed by atoms with Gasteiger partial charge in [-0.3, -0.25) is 4.79 Å². The van der Waals surface area contributed by atoms with Crippen molar-refractivity contribution in [3.8, 4) is 5.75 Å². The van der Waals surface area contributed by atoms with E-state index in [1.807, 2.05) is 11.9 Å². The third-order valence-electron chi connectivity index (χ3n) is 4.49. The number of benzene rings is 1. The lowest BCUT2D eigenvalue weighted by molar-refractivity contribution is -0.132. The molecule has 0 spiro atoms. The summed E-state index contributed by atoms with van der Waals surface area (Å²) < 4.78 is 28.4. The summed E-state index contributed by atoms with van der Waals surface area (Å²) in [5.41, 5.74) is 0. The second kappa shape index (κ2) is 9.20. The Kier molecular flexibility index (Phi) is 7.25. The lowest BCUT2D eigenvalue weighted by Gasteiger charge is -2.32. The quantitative estimate of drug-likeness (QED) is 0.709. The molecule has 1 heterocycles. The molecule has 2 rings (SSSR count). The SMILES string of the molecule is CNC1CCCN(C(=O)CCCCOc2ccc(S(C)(=O)=O)cc2)C1. The number of sulfone groups is 1. The van der Waals surface area contributed by atoms with Crippen molar-refractivity contribution in [2.24, 2.45) is 0 Å². The number of ether oxygens (including phenoxy) is 1. The third kappa shape index (κ3) is 6.32. The minimum Gasteiger partial charge on any atom is -0.494 e. The van der Waals surface area contributed by atoms with Gasteiger partial charge in [-0.2, -0.15) is 0 Å². The van der Waals surface area contributed by atoms with Crippen molar-refractivity contribution in [2.45, 2.75) is 43.0 Å². The fraction of sp³-hybridized carbons (Fsp3) is 0.611. The molecule has 1 N–H and O–H groups in total. The fourth-order valence-corrected chi connectivity index (χ4v) is 3.58. The predicted octanol–water partition coefficient (Wildman–Crippen LogP) is 1.85. The Labute approximate surface area is 150 Å². The molecule has 6 nitrogen and oxygen atoms in total. The molecule has 0 bridgehead atoms. The van der Waals surface area contributed by atoms with E-state index in [2.05, 4.69) is 5.32 Å². The molecule has 1 fully saturated rings. The van der Waals surface area contributed by atoms with Gasteiger partial charge in [0.1, 0.15) is 5.75 Å². The molecule has 0 saturated carbocycles. The Balaban J connectivity index is 1.65. The number of rotatable bonds is 8. The van der Waals surface area contributed by atoms with Crippen LogP contribution in [0.5, 0.6) is 5.75 Å². The van der Waals surface area contributed by atoms with E-state index in [1.165, 1.54) is 6.26 Å². The number of piperidine rings is 1. The van der Waals surface area contributed by atoms with Crippen LogP contribution >= 0.6 is 0 Å². The zero-order chi connectivity index (χ0) is 18.3. The Bertz CT molecular complexity index is 658. The average Bonchev–Trinajstić information content (AvgIpc) is 2.61. The van der Waals surface area contributed by atoms with Crippen LogP contribution in [0.15, 0.2) is 29.2 Å². The maximum Gasteiger partial charge on any atom is 0.222 e. The van der Waals surface area contributed by atoms with Crippen LogP contribution < -0.4 is 10.1 Å². The monoisotopic (exact) mass is 368 g/mol. The average molecular weight is 368 g/mol. The molecular formula is C18H28N2O4S. The Morgan fingerprint density at radius 2 is 2.00 bits per heavy atom. The number of nitrogens with zero attached hydrogens (tertiary/aromatic N) is 1. The summed E-state index contributed by atoms with van der Waals surface area (Å²) in [5.74, 6) is 0.865. The number of hydrogen-bond donors (Lipinski definition) is 1. The van der Waals surface area contributed by atoms with Crippen LogP contribution in [-0.4, -0.2) is 58.3 Å². The minimum atomic E-state index is -3.18. The molecule has 1 unspecified atom stereocenters. The molecule has 1 amide bonds. The lowest BCUT2D eigenvalue weighted by Crippen LogP contribution is -2.46. The maximum atomic E-state index is 12.2. The standard InChI is InChI=1S/C18H28N2O4S/c1-19-15-6-5-12-20(14-15)18(21)7-3-4-13-24-16-8-10-17(11-9-16)25(2,22)23/h8-11,15,19H,3-7,12-14H2,1-2H3. The Morgan fingerprint density at radius 3 is 2.64 bits per heavy atom. The van der Waals surface area contributed by atoms with Crippen LogP contribution in [0.2, 0.25) is 0 Å². The van der Waals surface area contributed by atoms with Crippen molar-refractivity contribution in [3.63, 3.8) is 0 Å². The highest BCUT2D eigenvalue weighted by Crippen LogP contribution is 2.16. The molecule has 0 radical (unpaired) electrons. The summed E-state index contributed by atoms with van der Waals surface area (Å²) in [7, 11) is -1.23. The number of likely N-dealkylation sites (tertiary alicyclic amines) is 1.